The third-order valence-corrected chi connectivity index (χ3v) is 5.75. The van der Waals surface area contributed by atoms with Crippen molar-refractivity contribution in [2.45, 2.75) is 31.7 Å². The average molecular weight is 437 g/mol. The van der Waals surface area contributed by atoms with Gasteiger partial charge in [-0.3, -0.25) is 4.79 Å². The third-order valence-electron chi connectivity index (χ3n) is 5.75. The molecule has 1 amide bonds. The average Bonchev–Trinajstić information content (AvgIpc) is 2.80. The van der Waals surface area contributed by atoms with Gasteiger partial charge in [0.05, 0.1) is 18.2 Å². The van der Waals surface area contributed by atoms with Crippen molar-refractivity contribution in [1.82, 2.24) is 14.9 Å². The highest BCUT2D eigenvalue weighted by molar-refractivity contribution is 5.80. The minimum Gasteiger partial charge on any atom is -0.347 e. The second kappa shape index (κ2) is 9.42. The molecule has 1 saturated heterocycles. The molecule has 4 rings (SSSR count). The van der Waals surface area contributed by atoms with Crippen LogP contribution in [0.1, 0.15) is 36.6 Å². The molecule has 0 aliphatic carbocycles. The summed E-state index contributed by atoms with van der Waals surface area (Å²) in [5, 5.41) is 0. The van der Waals surface area contributed by atoms with Crippen LogP contribution in [-0.4, -0.2) is 41.4 Å². The van der Waals surface area contributed by atoms with Gasteiger partial charge in [0, 0.05) is 32.4 Å². The van der Waals surface area contributed by atoms with Crippen LogP contribution in [0.25, 0.3) is 11.1 Å². The summed E-state index contributed by atoms with van der Waals surface area (Å²) in [7, 11) is 3.72. The van der Waals surface area contributed by atoms with Gasteiger partial charge in [-0.25, -0.2) is 18.7 Å². The SMILES string of the molecule is CN(C)c1ncc(-c2cccc(F)c2)c(C2CCCCN2C(=O)Cc2ccc(F)cc2)n1. The Labute approximate surface area is 186 Å². The number of likely N-dealkylation sites (tertiary alicyclic amines) is 1. The van der Waals surface area contributed by atoms with Gasteiger partial charge in [-0.15, -0.1) is 0 Å². The molecule has 3 aromatic rings. The lowest BCUT2D eigenvalue weighted by molar-refractivity contribution is -0.134. The Bertz CT molecular complexity index is 1100. The van der Waals surface area contributed by atoms with Crippen LogP contribution >= 0.6 is 0 Å². The summed E-state index contributed by atoms with van der Waals surface area (Å²) in [4.78, 5) is 26.2. The van der Waals surface area contributed by atoms with Gasteiger partial charge in [-0.2, -0.15) is 0 Å². The fraction of sp³-hybridized carbons (Fsp3) is 0.320. The molecule has 1 atom stereocenters. The molecule has 32 heavy (non-hydrogen) atoms. The summed E-state index contributed by atoms with van der Waals surface area (Å²) in [5.41, 5.74) is 2.90. The minimum atomic E-state index is -0.335. The van der Waals surface area contributed by atoms with E-state index in [9.17, 15) is 13.6 Å². The van der Waals surface area contributed by atoms with E-state index >= 15 is 0 Å². The zero-order valence-electron chi connectivity index (χ0n) is 18.3. The first kappa shape index (κ1) is 21.9. The van der Waals surface area contributed by atoms with E-state index in [0.717, 1.165) is 36.1 Å². The van der Waals surface area contributed by atoms with Crippen molar-refractivity contribution in [2.24, 2.45) is 0 Å². The Morgan fingerprint density at radius 2 is 1.88 bits per heavy atom. The maximum atomic E-state index is 14.0. The van der Waals surface area contributed by atoms with Gasteiger partial charge in [0.1, 0.15) is 11.6 Å². The number of hydrogen-bond donors (Lipinski definition) is 0. The Morgan fingerprint density at radius 3 is 2.59 bits per heavy atom. The van der Waals surface area contributed by atoms with Crippen molar-refractivity contribution in [2.75, 3.05) is 25.5 Å². The lowest BCUT2D eigenvalue weighted by Crippen LogP contribution is -2.40. The molecule has 0 bridgehead atoms. The number of carbonyl (C=O) groups excluding carboxylic acids is 1. The number of halogens is 2. The van der Waals surface area contributed by atoms with E-state index < -0.39 is 0 Å². The molecular formula is C25H26F2N4O. The number of benzene rings is 2. The van der Waals surface area contributed by atoms with E-state index in [-0.39, 0.29) is 30.0 Å². The number of anilines is 1. The van der Waals surface area contributed by atoms with E-state index in [1.165, 1.54) is 24.3 Å². The summed E-state index contributed by atoms with van der Waals surface area (Å²) in [5.74, 6) is -0.153. The second-order valence-corrected chi connectivity index (χ2v) is 8.28. The summed E-state index contributed by atoms with van der Waals surface area (Å²) in [6.07, 6.45) is 4.55. The quantitative estimate of drug-likeness (QED) is 0.577. The largest absolute Gasteiger partial charge is 0.347 e. The van der Waals surface area contributed by atoms with Crippen molar-refractivity contribution >= 4 is 11.9 Å². The molecule has 1 aromatic heterocycles. The van der Waals surface area contributed by atoms with Crippen LogP contribution in [0.3, 0.4) is 0 Å². The number of nitrogens with zero attached hydrogens (tertiary/aromatic N) is 4. The molecule has 1 aliphatic rings. The van der Waals surface area contributed by atoms with Gasteiger partial charge in [0.2, 0.25) is 11.9 Å². The number of rotatable bonds is 5. The molecule has 1 fully saturated rings. The first-order chi connectivity index (χ1) is 15.4. The van der Waals surface area contributed by atoms with E-state index in [2.05, 4.69) is 4.98 Å². The molecule has 2 heterocycles. The van der Waals surface area contributed by atoms with Crippen molar-refractivity contribution in [3.63, 3.8) is 0 Å². The lowest BCUT2D eigenvalue weighted by atomic mass is 9.93. The van der Waals surface area contributed by atoms with Crippen LogP contribution in [0.4, 0.5) is 14.7 Å². The van der Waals surface area contributed by atoms with Crippen LogP contribution < -0.4 is 4.90 Å². The molecule has 1 unspecified atom stereocenters. The smallest absolute Gasteiger partial charge is 0.227 e. The molecule has 166 valence electrons. The van der Waals surface area contributed by atoms with E-state index in [4.69, 9.17) is 4.98 Å². The summed E-state index contributed by atoms with van der Waals surface area (Å²) < 4.78 is 27.2. The van der Waals surface area contributed by atoms with Gasteiger partial charge in [0.25, 0.3) is 0 Å². The van der Waals surface area contributed by atoms with Crippen LogP contribution in [0.2, 0.25) is 0 Å². The molecule has 0 saturated carbocycles. The molecule has 1 aliphatic heterocycles. The Balaban J connectivity index is 1.72. The van der Waals surface area contributed by atoms with Crippen LogP contribution in [0.5, 0.6) is 0 Å². The van der Waals surface area contributed by atoms with Crippen molar-refractivity contribution in [3.05, 3.63) is 77.6 Å². The van der Waals surface area contributed by atoms with Gasteiger partial charge in [0.15, 0.2) is 0 Å². The molecule has 5 nitrogen and oxygen atoms in total. The Hall–Kier alpha value is -3.35. The Morgan fingerprint density at radius 1 is 1.09 bits per heavy atom. The predicted molar refractivity (Wildman–Crippen MR) is 120 cm³/mol. The lowest BCUT2D eigenvalue weighted by Gasteiger charge is -2.36. The Kier molecular flexibility index (Phi) is 6.44. The van der Waals surface area contributed by atoms with Crippen LogP contribution in [0, 0.1) is 11.6 Å². The number of amides is 1. The maximum Gasteiger partial charge on any atom is 0.227 e. The minimum absolute atomic E-state index is 0.0310. The van der Waals surface area contributed by atoms with E-state index in [1.54, 1.807) is 24.4 Å². The summed E-state index contributed by atoms with van der Waals surface area (Å²) in [6, 6.07) is 12.1. The highest BCUT2D eigenvalue weighted by Crippen LogP contribution is 2.36. The molecule has 7 heteroatoms. The first-order valence-electron chi connectivity index (χ1n) is 10.8. The molecule has 0 N–H and O–H groups in total. The molecule has 0 spiro atoms. The van der Waals surface area contributed by atoms with Crippen molar-refractivity contribution in [3.8, 4) is 11.1 Å². The monoisotopic (exact) mass is 436 g/mol. The topological polar surface area (TPSA) is 49.3 Å². The number of hydrogen-bond acceptors (Lipinski definition) is 4. The summed E-state index contributed by atoms with van der Waals surface area (Å²) in [6.45, 7) is 0.620. The number of piperidine rings is 1. The zero-order chi connectivity index (χ0) is 22.7. The predicted octanol–water partition coefficient (Wildman–Crippen LogP) is 4.78. The third kappa shape index (κ3) is 4.77. The zero-order valence-corrected chi connectivity index (χ0v) is 18.3. The second-order valence-electron chi connectivity index (χ2n) is 8.28. The van der Waals surface area contributed by atoms with Crippen LogP contribution in [0.15, 0.2) is 54.7 Å². The molecule has 2 aromatic carbocycles. The van der Waals surface area contributed by atoms with Crippen molar-refractivity contribution in [1.29, 1.82) is 0 Å². The molecular weight excluding hydrogens is 410 g/mol. The highest BCUT2D eigenvalue weighted by atomic mass is 19.1. The fourth-order valence-electron chi connectivity index (χ4n) is 4.13. The highest BCUT2D eigenvalue weighted by Gasteiger charge is 2.31. The number of carbonyl (C=O) groups is 1. The van der Waals surface area contributed by atoms with Crippen LogP contribution in [-0.2, 0) is 11.2 Å². The van der Waals surface area contributed by atoms with Gasteiger partial charge in [-0.05, 0) is 54.7 Å². The van der Waals surface area contributed by atoms with Gasteiger partial charge >= 0.3 is 0 Å². The summed E-state index contributed by atoms with van der Waals surface area (Å²) >= 11 is 0. The first-order valence-corrected chi connectivity index (χ1v) is 10.8. The molecule has 0 radical (unpaired) electrons. The number of aromatic nitrogens is 2. The van der Waals surface area contributed by atoms with Gasteiger partial charge < -0.3 is 9.80 Å². The van der Waals surface area contributed by atoms with E-state index in [1.807, 2.05) is 30.0 Å². The maximum absolute atomic E-state index is 14.0. The normalized spacial score (nSPS) is 16.1. The van der Waals surface area contributed by atoms with Gasteiger partial charge in [-0.1, -0.05) is 24.3 Å². The van der Waals surface area contributed by atoms with Crippen molar-refractivity contribution < 1.29 is 13.6 Å². The standard InChI is InChI=1S/C25H26F2N4O/c1-30(2)25-28-16-21(18-6-5-7-20(27)15-18)24(29-25)22-8-3-4-13-31(22)23(32)14-17-9-11-19(26)12-10-17/h5-7,9-12,15-16,22H,3-4,8,13-14H2,1-2H3. The van der Waals surface area contributed by atoms with E-state index in [0.29, 0.717) is 18.1 Å². The fourth-order valence-corrected chi connectivity index (χ4v) is 4.13.